The van der Waals surface area contributed by atoms with E-state index in [4.69, 9.17) is 15.0 Å². The highest BCUT2D eigenvalue weighted by Crippen LogP contribution is 2.48. The average molecular weight is 279 g/mol. The van der Waals surface area contributed by atoms with Crippen LogP contribution in [0.25, 0.3) is 0 Å². The van der Waals surface area contributed by atoms with Crippen LogP contribution < -0.4 is 5.73 Å². The van der Waals surface area contributed by atoms with Gasteiger partial charge in [-0.15, -0.1) is 0 Å². The molecule has 0 spiro atoms. The molecule has 2 unspecified atom stereocenters. The highest BCUT2D eigenvalue weighted by Gasteiger charge is 2.50. The van der Waals surface area contributed by atoms with Gasteiger partial charge in [0.1, 0.15) is 5.60 Å². The Hall–Kier alpha value is -0.940. The highest BCUT2D eigenvalue weighted by molar-refractivity contribution is 5.18. The van der Waals surface area contributed by atoms with Gasteiger partial charge >= 0.3 is 0 Å². The summed E-state index contributed by atoms with van der Waals surface area (Å²) < 4.78 is 11.6. The number of hydrogen-bond acceptors (Lipinski definition) is 5. The minimum atomic E-state index is -0.348. The second-order valence-corrected chi connectivity index (χ2v) is 6.54. The van der Waals surface area contributed by atoms with Crippen molar-refractivity contribution < 1.29 is 9.26 Å². The number of nitrogens with zero attached hydrogens (tertiary/aromatic N) is 2. The van der Waals surface area contributed by atoms with E-state index in [2.05, 4.69) is 17.1 Å². The van der Waals surface area contributed by atoms with Gasteiger partial charge < -0.3 is 15.0 Å². The molecular formula is C15H25N3O2. The molecule has 2 N–H and O–H groups in total. The van der Waals surface area contributed by atoms with Crippen molar-refractivity contribution in [1.82, 2.24) is 10.1 Å². The number of hydrogen-bond donors (Lipinski definition) is 1. The van der Waals surface area contributed by atoms with Crippen LogP contribution in [0.2, 0.25) is 0 Å². The molecule has 0 aliphatic heterocycles. The molecule has 1 aromatic rings. The maximum absolute atomic E-state index is 6.09. The van der Waals surface area contributed by atoms with Gasteiger partial charge in [0.25, 0.3) is 0 Å². The summed E-state index contributed by atoms with van der Waals surface area (Å²) in [7, 11) is 0. The summed E-state index contributed by atoms with van der Waals surface area (Å²) in [6.45, 7) is 5.58. The number of aromatic nitrogens is 2. The first-order chi connectivity index (χ1) is 9.64. The zero-order valence-corrected chi connectivity index (χ0v) is 12.5. The van der Waals surface area contributed by atoms with Gasteiger partial charge in [-0.25, -0.2) is 0 Å². The third-order valence-corrected chi connectivity index (χ3v) is 4.91. The van der Waals surface area contributed by atoms with Gasteiger partial charge in [-0.05, 0) is 44.9 Å². The van der Waals surface area contributed by atoms with Gasteiger partial charge in [0.2, 0.25) is 11.7 Å². The molecule has 3 rings (SSSR count). The SMILES string of the molecule is CCOC1(c2noc(C3(CN)CC3)n2)CCCC(C)C1. The van der Waals surface area contributed by atoms with Crippen LogP contribution in [-0.2, 0) is 15.8 Å². The van der Waals surface area contributed by atoms with Crippen molar-refractivity contribution in [2.24, 2.45) is 11.7 Å². The summed E-state index contributed by atoms with van der Waals surface area (Å²) in [5.74, 6) is 2.09. The van der Waals surface area contributed by atoms with Crippen molar-refractivity contribution in [3.63, 3.8) is 0 Å². The summed E-state index contributed by atoms with van der Waals surface area (Å²) in [6.07, 6.45) is 6.50. The molecule has 5 heteroatoms. The molecule has 2 aliphatic carbocycles. The molecule has 0 aromatic carbocycles. The fourth-order valence-corrected chi connectivity index (χ4v) is 3.46. The van der Waals surface area contributed by atoms with Gasteiger partial charge in [-0.3, -0.25) is 0 Å². The first-order valence-electron chi connectivity index (χ1n) is 7.83. The zero-order chi connectivity index (χ0) is 14.2. The van der Waals surface area contributed by atoms with Crippen LogP contribution in [0.4, 0.5) is 0 Å². The molecule has 2 atom stereocenters. The van der Waals surface area contributed by atoms with Gasteiger partial charge in [0, 0.05) is 13.2 Å². The van der Waals surface area contributed by atoms with Crippen LogP contribution in [-0.4, -0.2) is 23.3 Å². The lowest BCUT2D eigenvalue weighted by atomic mass is 9.78. The normalized spacial score (nSPS) is 32.2. The van der Waals surface area contributed by atoms with Crippen molar-refractivity contribution in [2.45, 2.75) is 63.4 Å². The number of ether oxygens (including phenoxy) is 1. The molecule has 2 aliphatic rings. The molecule has 0 saturated heterocycles. The lowest BCUT2D eigenvalue weighted by Gasteiger charge is -2.37. The van der Waals surface area contributed by atoms with Crippen LogP contribution in [0.15, 0.2) is 4.52 Å². The van der Waals surface area contributed by atoms with Crippen molar-refractivity contribution in [3.8, 4) is 0 Å². The topological polar surface area (TPSA) is 74.2 Å². The van der Waals surface area contributed by atoms with E-state index in [-0.39, 0.29) is 11.0 Å². The molecule has 1 heterocycles. The Balaban J connectivity index is 1.88. The predicted molar refractivity (Wildman–Crippen MR) is 75.2 cm³/mol. The van der Waals surface area contributed by atoms with Crippen LogP contribution in [0.3, 0.4) is 0 Å². The third-order valence-electron chi connectivity index (χ3n) is 4.91. The van der Waals surface area contributed by atoms with E-state index >= 15 is 0 Å². The highest BCUT2D eigenvalue weighted by atomic mass is 16.5. The summed E-state index contributed by atoms with van der Waals surface area (Å²) in [5.41, 5.74) is 5.45. The molecular weight excluding hydrogens is 254 g/mol. The quantitative estimate of drug-likeness (QED) is 0.896. The summed E-state index contributed by atoms with van der Waals surface area (Å²) >= 11 is 0. The Kier molecular flexibility index (Phi) is 3.58. The van der Waals surface area contributed by atoms with E-state index in [1.807, 2.05) is 6.92 Å². The van der Waals surface area contributed by atoms with Gasteiger partial charge in [0.05, 0.1) is 5.41 Å². The monoisotopic (exact) mass is 279 g/mol. The second kappa shape index (κ2) is 5.11. The molecule has 0 amide bonds. The van der Waals surface area contributed by atoms with Crippen molar-refractivity contribution in [3.05, 3.63) is 11.7 Å². The fourth-order valence-electron chi connectivity index (χ4n) is 3.46. The van der Waals surface area contributed by atoms with Crippen LogP contribution in [0, 0.1) is 5.92 Å². The van der Waals surface area contributed by atoms with E-state index in [9.17, 15) is 0 Å². The maximum atomic E-state index is 6.09. The Labute approximate surface area is 120 Å². The van der Waals surface area contributed by atoms with Crippen LogP contribution in [0.1, 0.15) is 64.1 Å². The Bertz CT molecular complexity index is 465. The molecule has 2 fully saturated rings. The summed E-state index contributed by atoms with van der Waals surface area (Å²) in [5, 5.41) is 4.25. The van der Waals surface area contributed by atoms with E-state index in [0.29, 0.717) is 25.0 Å². The molecule has 0 bridgehead atoms. The number of nitrogens with two attached hydrogens (primary N) is 1. The zero-order valence-electron chi connectivity index (χ0n) is 12.5. The van der Waals surface area contributed by atoms with E-state index in [1.54, 1.807) is 0 Å². The Morgan fingerprint density at radius 1 is 1.40 bits per heavy atom. The molecule has 20 heavy (non-hydrogen) atoms. The lowest BCUT2D eigenvalue weighted by molar-refractivity contribution is -0.0891. The molecule has 5 nitrogen and oxygen atoms in total. The molecule has 1 aromatic heterocycles. The van der Waals surface area contributed by atoms with E-state index in [0.717, 1.165) is 37.9 Å². The van der Waals surface area contributed by atoms with Crippen LogP contribution >= 0.6 is 0 Å². The van der Waals surface area contributed by atoms with Crippen molar-refractivity contribution >= 4 is 0 Å². The smallest absolute Gasteiger partial charge is 0.234 e. The first-order valence-corrected chi connectivity index (χ1v) is 7.83. The molecule has 0 radical (unpaired) electrons. The standard InChI is InChI=1S/C15H25N3O2/c1-3-19-15(6-4-5-11(2)9-15)12-17-13(20-18-12)14(10-16)7-8-14/h11H,3-10,16H2,1-2H3. The van der Waals surface area contributed by atoms with Crippen molar-refractivity contribution in [2.75, 3.05) is 13.2 Å². The minimum absolute atomic E-state index is 0.0427. The Morgan fingerprint density at radius 3 is 2.80 bits per heavy atom. The second-order valence-electron chi connectivity index (χ2n) is 6.54. The maximum Gasteiger partial charge on any atom is 0.234 e. The van der Waals surface area contributed by atoms with E-state index in [1.165, 1.54) is 6.42 Å². The van der Waals surface area contributed by atoms with Gasteiger partial charge in [0.15, 0.2) is 0 Å². The fraction of sp³-hybridized carbons (Fsp3) is 0.867. The van der Waals surface area contributed by atoms with E-state index < -0.39 is 0 Å². The minimum Gasteiger partial charge on any atom is -0.367 e. The van der Waals surface area contributed by atoms with Crippen molar-refractivity contribution in [1.29, 1.82) is 0 Å². The number of rotatable bonds is 5. The van der Waals surface area contributed by atoms with Crippen LogP contribution in [0.5, 0.6) is 0 Å². The van der Waals surface area contributed by atoms with Gasteiger partial charge in [-0.1, -0.05) is 18.5 Å². The predicted octanol–water partition coefficient (Wildman–Crippen LogP) is 2.50. The Morgan fingerprint density at radius 2 is 2.20 bits per heavy atom. The lowest BCUT2D eigenvalue weighted by Crippen LogP contribution is -2.36. The first kappa shape index (κ1) is 14.0. The largest absolute Gasteiger partial charge is 0.367 e. The molecule has 112 valence electrons. The summed E-state index contributed by atoms with van der Waals surface area (Å²) in [4.78, 5) is 4.68. The average Bonchev–Trinajstić information content (AvgIpc) is 3.07. The molecule has 2 saturated carbocycles. The summed E-state index contributed by atoms with van der Waals surface area (Å²) in [6, 6.07) is 0. The third kappa shape index (κ3) is 2.27. The van der Waals surface area contributed by atoms with Gasteiger partial charge in [-0.2, -0.15) is 4.98 Å².